The van der Waals surface area contributed by atoms with Crippen molar-refractivity contribution in [2.75, 3.05) is 0 Å². The van der Waals surface area contributed by atoms with Crippen LogP contribution in [0.4, 0.5) is 0 Å². The summed E-state index contributed by atoms with van der Waals surface area (Å²) in [5, 5.41) is 14.3. The zero-order chi connectivity index (χ0) is 11.5. The molecule has 1 aromatic carbocycles. The molecule has 16 heavy (non-hydrogen) atoms. The van der Waals surface area contributed by atoms with Crippen LogP contribution in [-0.2, 0) is 13.5 Å². The summed E-state index contributed by atoms with van der Waals surface area (Å²) >= 11 is 3.37. The highest BCUT2D eigenvalue weighted by Crippen LogP contribution is 2.19. The molecule has 0 saturated carbocycles. The predicted molar refractivity (Wildman–Crippen MR) is 66.0 cm³/mol. The first-order valence-electron chi connectivity index (χ1n) is 5.07. The quantitative estimate of drug-likeness (QED) is 0.938. The highest BCUT2D eigenvalue weighted by molar-refractivity contribution is 9.10. The summed E-state index contributed by atoms with van der Waals surface area (Å²) in [7, 11) is 1.87. The molecule has 0 aliphatic heterocycles. The molecule has 4 heteroatoms. The molecule has 0 saturated heterocycles. The molecule has 3 nitrogen and oxygen atoms in total. The van der Waals surface area contributed by atoms with E-state index in [-0.39, 0.29) is 0 Å². The van der Waals surface area contributed by atoms with Crippen LogP contribution in [-0.4, -0.2) is 14.9 Å². The van der Waals surface area contributed by atoms with Gasteiger partial charge in [-0.2, -0.15) is 5.10 Å². The molecular weight excluding hydrogens is 268 g/mol. The average Bonchev–Trinajstić information content (AvgIpc) is 2.65. The lowest BCUT2D eigenvalue weighted by molar-refractivity contribution is 0.177. The lowest BCUT2D eigenvalue weighted by atomic mass is 10.1. The highest BCUT2D eigenvalue weighted by atomic mass is 79.9. The first kappa shape index (κ1) is 11.4. The van der Waals surface area contributed by atoms with Crippen molar-refractivity contribution in [1.29, 1.82) is 0 Å². The standard InChI is InChI=1S/C12H13BrN2O/c1-15-7-6-11(14-15)8-12(16)9-2-4-10(13)5-3-9/h2-7,12,16H,8H2,1H3. The summed E-state index contributed by atoms with van der Waals surface area (Å²) in [4.78, 5) is 0. The summed E-state index contributed by atoms with van der Waals surface area (Å²) in [6.07, 6.45) is 1.93. The van der Waals surface area contributed by atoms with Gasteiger partial charge in [-0.15, -0.1) is 0 Å². The highest BCUT2D eigenvalue weighted by Gasteiger charge is 2.09. The molecule has 1 unspecified atom stereocenters. The third kappa shape index (κ3) is 2.71. The van der Waals surface area contributed by atoms with Gasteiger partial charge < -0.3 is 5.11 Å². The number of benzene rings is 1. The predicted octanol–water partition coefficient (Wildman–Crippen LogP) is 2.46. The Morgan fingerprint density at radius 3 is 2.56 bits per heavy atom. The number of aromatic nitrogens is 2. The van der Waals surface area contributed by atoms with Gasteiger partial charge in [0.2, 0.25) is 0 Å². The van der Waals surface area contributed by atoms with Crippen LogP contribution in [0.2, 0.25) is 0 Å². The monoisotopic (exact) mass is 280 g/mol. The number of rotatable bonds is 3. The molecule has 0 bridgehead atoms. The van der Waals surface area contributed by atoms with Crippen LogP contribution < -0.4 is 0 Å². The third-order valence-electron chi connectivity index (χ3n) is 2.43. The molecule has 0 spiro atoms. The lowest BCUT2D eigenvalue weighted by Crippen LogP contribution is -2.02. The van der Waals surface area contributed by atoms with Gasteiger partial charge in [-0.3, -0.25) is 4.68 Å². The molecule has 0 fully saturated rings. The van der Waals surface area contributed by atoms with Gasteiger partial charge in [0.25, 0.3) is 0 Å². The molecule has 2 aromatic rings. The van der Waals surface area contributed by atoms with Crippen molar-refractivity contribution >= 4 is 15.9 Å². The van der Waals surface area contributed by atoms with Crippen molar-refractivity contribution in [2.45, 2.75) is 12.5 Å². The smallest absolute Gasteiger partial charge is 0.0846 e. The zero-order valence-corrected chi connectivity index (χ0v) is 10.6. The number of aliphatic hydroxyl groups excluding tert-OH is 1. The average molecular weight is 281 g/mol. The van der Waals surface area contributed by atoms with Crippen molar-refractivity contribution in [2.24, 2.45) is 7.05 Å². The van der Waals surface area contributed by atoms with Gasteiger partial charge in [0.05, 0.1) is 11.8 Å². The molecular formula is C12H13BrN2O. The maximum atomic E-state index is 10.0. The fourth-order valence-corrected chi connectivity index (χ4v) is 1.84. The van der Waals surface area contributed by atoms with Gasteiger partial charge in [-0.25, -0.2) is 0 Å². The van der Waals surface area contributed by atoms with Crippen molar-refractivity contribution in [3.05, 3.63) is 52.3 Å². The summed E-state index contributed by atoms with van der Waals surface area (Å²) in [5.41, 5.74) is 1.81. The molecule has 1 N–H and O–H groups in total. The Kier molecular flexibility index (Phi) is 3.41. The van der Waals surface area contributed by atoms with Gasteiger partial charge in [0, 0.05) is 24.1 Å². The van der Waals surface area contributed by atoms with Gasteiger partial charge in [-0.05, 0) is 23.8 Å². The SMILES string of the molecule is Cn1ccc(CC(O)c2ccc(Br)cc2)n1. The van der Waals surface area contributed by atoms with E-state index in [0.717, 1.165) is 15.7 Å². The van der Waals surface area contributed by atoms with E-state index in [2.05, 4.69) is 21.0 Å². The second kappa shape index (κ2) is 4.80. The van der Waals surface area contributed by atoms with E-state index in [1.165, 1.54) is 0 Å². The van der Waals surface area contributed by atoms with Crippen molar-refractivity contribution in [3.63, 3.8) is 0 Å². The third-order valence-corrected chi connectivity index (χ3v) is 2.95. The van der Waals surface area contributed by atoms with E-state index in [0.29, 0.717) is 6.42 Å². The van der Waals surface area contributed by atoms with Crippen molar-refractivity contribution in [3.8, 4) is 0 Å². The van der Waals surface area contributed by atoms with E-state index in [4.69, 9.17) is 0 Å². The Morgan fingerprint density at radius 2 is 2.00 bits per heavy atom. The summed E-state index contributed by atoms with van der Waals surface area (Å²) in [5.74, 6) is 0. The second-order valence-corrected chi connectivity index (χ2v) is 4.67. The van der Waals surface area contributed by atoms with Gasteiger partial charge >= 0.3 is 0 Å². The Balaban J connectivity index is 2.08. The molecule has 0 aliphatic rings. The van der Waals surface area contributed by atoms with Crippen LogP contribution in [0.5, 0.6) is 0 Å². The van der Waals surface area contributed by atoms with E-state index >= 15 is 0 Å². The topological polar surface area (TPSA) is 38.0 Å². The van der Waals surface area contributed by atoms with Gasteiger partial charge in [0.15, 0.2) is 0 Å². The number of nitrogens with zero attached hydrogens (tertiary/aromatic N) is 2. The van der Waals surface area contributed by atoms with E-state index in [1.807, 2.05) is 43.6 Å². The normalized spacial score (nSPS) is 12.7. The first-order valence-corrected chi connectivity index (χ1v) is 5.86. The largest absolute Gasteiger partial charge is 0.388 e. The molecule has 1 aromatic heterocycles. The van der Waals surface area contributed by atoms with Crippen LogP contribution in [0.25, 0.3) is 0 Å². The molecule has 1 heterocycles. The molecule has 2 rings (SSSR count). The van der Waals surface area contributed by atoms with Crippen LogP contribution in [0.1, 0.15) is 17.4 Å². The maximum Gasteiger partial charge on any atom is 0.0846 e. The van der Waals surface area contributed by atoms with E-state index in [1.54, 1.807) is 4.68 Å². The number of hydrogen-bond donors (Lipinski definition) is 1. The fraction of sp³-hybridized carbons (Fsp3) is 0.250. The Bertz CT molecular complexity index is 464. The Morgan fingerprint density at radius 1 is 1.31 bits per heavy atom. The van der Waals surface area contributed by atoms with E-state index < -0.39 is 6.10 Å². The summed E-state index contributed by atoms with van der Waals surface area (Å²) in [6, 6.07) is 9.60. The Labute approximate surface area is 103 Å². The van der Waals surface area contributed by atoms with Crippen LogP contribution in [0.15, 0.2) is 41.0 Å². The van der Waals surface area contributed by atoms with Crippen LogP contribution >= 0.6 is 15.9 Å². The van der Waals surface area contributed by atoms with E-state index in [9.17, 15) is 5.11 Å². The van der Waals surface area contributed by atoms with Crippen LogP contribution in [0.3, 0.4) is 0 Å². The summed E-state index contributed by atoms with van der Waals surface area (Å²) < 4.78 is 2.75. The maximum absolute atomic E-state index is 10.0. The lowest BCUT2D eigenvalue weighted by Gasteiger charge is -2.09. The van der Waals surface area contributed by atoms with Crippen LogP contribution in [0, 0.1) is 0 Å². The summed E-state index contributed by atoms with van der Waals surface area (Å²) in [6.45, 7) is 0. The minimum atomic E-state index is -0.497. The zero-order valence-electron chi connectivity index (χ0n) is 8.97. The Hall–Kier alpha value is -1.13. The number of aliphatic hydroxyl groups is 1. The molecule has 84 valence electrons. The van der Waals surface area contributed by atoms with Gasteiger partial charge in [0.1, 0.15) is 0 Å². The molecule has 0 amide bonds. The molecule has 0 aliphatic carbocycles. The molecule has 1 atom stereocenters. The number of hydrogen-bond acceptors (Lipinski definition) is 2. The fourth-order valence-electron chi connectivity index (χ4n) is 1.57. The number of halogens is 1. The van der Waals surface area contributed by atoms with Crippen molar-refractivity contribution in [1.82, 2.24) is 9.78 Å². The minimum absolute atomic E-state index is 0.497. The number of aryl methyl sites for hydroxylation is 1. The molecule has 0 radical (unpaired) electrons. The second-order valence-electron chi connectivity index (χ2n) is 3.75. The van der Waals surface area contributed by atoms with Gasteiger partial charge in [-0.1, -0.05) is 28.1 Å². The first-order chi connectivity index (χ1) is 7.65. The van der Waals surface area contributed by atoms with Crippen molar-refractivity contribution < 1.29 is 5.11 Å². The minimum Gasteiger partial charge on any atom is -0.388 e.